The summed E-state index contributed by atoms with van der Waals surface area (Å²) in [6, 6.07) is 8.76. The molecule has 30 heavy (non-hydrogen) atoms. The van der Waals surface area contributed by atoms with Crippen LogP contribution in [0.15, 0.2) is 46.4 Å². The van der Waals surface area contributed by atoms with Crippen molar-refractivity contribution in [3.63, 3.8) is 0 Å². The van der Waals surface area contributed by atoms with E-state index in [4.69, 9.17) is 4.99 Å². The van der Waals surface area contributed by atoms with Gasteiger partial charge in [-0.1, -0.05) is 12.8 Å². The summed E-state index contributed by atoms with van der Waals surface area (Å²) in [5.74, 6) is -0.0313. The average molecular weight is 463 g/mol. The summed E-state index contributed by atoms with van der Waals surface area (Å²) >= 11 is 0. The monoisotopic (exact) mass is 463 g/mol. The van der Waals surface area contributed by atoms with Crippen LogP contribution < -0.4 is 0 Å². The number of benzene rings is 2. The fraction of sp³-hybridized carbons (Fsp3) is 0.333. The summed E-state index contributed by atoms with van der Waals surface area (Å²) < 4.78 is 0. The van der Waals surface area contributed by atoms with Gasteiger partial charge in [-0.15, -0.1) is 0 Å². The molecule has 2 aromatic carbocycles. The summed E-state index contributed by atoms with van der Waals surface area (Å²) in [6.45, 7) is 2.04. The minimum Gasteiger partial charge on any atom is -0.508 e. The Bertz CT molecular complexity index is 890. The van der Waals surface area contributed by atoms with Crippen molar-refractivity contribution in [3.05, 3.63) is 47.5 Å². The van der Waals surface area contributed by atoms with Crippen LogP contribution in [0.3, 0.4) is 0 Å². The number of rotatable bonds is 4. The Labute approximate surface area is 185 Å². The largest absolute Gasteiger partial charge is 0.508 e. The molecule has 0 aromatic heterocycles. The van der Waals surface area contributed by atoms with Crippen LogP contribution in [-0.4, -0.2) is 55.4 Å². The number of hydrogen-bond donors (Lipinski definition) is 4. The van der Waals surface area contributed by atoms with E-state index in [1.54, 1.807) is 24.6 Å². The van der Waals surface area contributed by atoms with Crippen LogP contribution in [0.25, 0.3) is 0 Å². The van der Waals surface area contributed by atoms with E-state index in [2.05, 4.69) is 4.99 Å². The first-order valence-corrected chi connectivity index (χ1v) is 9.00. The van der Waals surface area contributed by atoms with Crippen molar-refractivity contribution in [1.82, 2.24) is 0 Å². The number of nitrogens with zero attached hydrogens (tertiary/aromatic N) is 2. The van der Waals surface area contributed by atoms with Gasteiger partial charge in [0.1, 0.15) is 23.0 Å². The van der Waals surface area contributed by atoms with Gasteiger partial charge in [0.15, 0.2) is 0 Å². The van der Waals surface area contributed by atoms with Crippen LogP contribution in [0, 0.1) is 0 Å². The quantitative estimate of drug-likeness (QED) is 0.510. The van der Waals surface area contributed by atoms with Crippen molar-refractivity contribution in [2.24, 2.45) is 9.98 Å². The number of aromatic hydroxyl groups is 4. The van der Waals surface area contributed by atoms with Gasteiger partial charge in [-0.2, -0.15) is 0 Å². The number of phenols is 4. The van der Waals surface area contributed by atoms with Gasteiger partial charge < -0.3 is 31.4 Å². The van der Waals surface area contributed by atoms with E-state index in [-0.39, 0.29) is 56.8 Å². The van der Waals surface area contributed by atoms with E-state index >= 15 is 0 Å². The molecule has 0 bridgehead atoms. The molecule has 0 aliphatic heterocycles. The Morgan fingerprint density at radius 3 is 1.93 bits per heavy atom. The maximum atomic E-state index is 9.95. The molecular formula is C21H28CoN2O6. The standard InChI is InChI=1S/C21H24N2O4.Co.2H2O/c1-21(23-13-15-6-8-17(25)11-19(15)27)9-3-2-4-20(21)22-12-14-5-7-16(24)10-18(14)26;;;/h5-8,10-13,20,24-27H,2-4,9H2,1H3;;2*1H2. The van der Waals surface area contributed by atoms with Gasteiger partial charge in [0.2, 0.25) is 0 Å². The van der Waals surface area contributed by atoms with Crippen molar-refractivity contribution >= 4 is 12.4 Å². The Kier molecular flexibility index (Phi) is 10.6. The fourth-order valence-corrected chi connectivity index (χ4v) is 3.35. The van der Waals surface area contributed by atoms with Crippen LogP contribution in [0.1, 0.15) is 43.7 Å². The third-order valence-corrected chi connectivity index (χ3v) is 5.05. The summed E-state index contributed by atoms with van der Waals surface area (Å²) in [4.78, 5) is 9.39. The molecule has 2 unspecified atom stereocenters. The molecular weight excluding hydrogens is 435 g/mol. The molecule has 167 valence electrons. The van der Waals surface area contributed by atoms with E-state index < -0.39 is 5.54 Å². The summed E-state index contributed by atoms with van der Waals surface area (Å²) in [5.41, 5.74) is 0.658. The zero-order valence-corrected chi connectivity index (χ0v) is 17.6. The first kappa shape index (κ1) is 27.4. The molecule has 0 heterocycles. The van der Waals surface area contributed by atoms with E-state index in [0.717, 1.165) is 25.7 Å². The Morgan fingerprint density at radius 2 is 1.40 bits per heavy atom. The molecule has 1 fully saturated rings. The molecule has 8 nitrogen and oxygen atoms in total. The molecule has 2 aromatic rings. The van der Waals surface area contributed by atoms with E-state index in [1.807, 2.05) is 6.92 Å². The molecule has 8 N–H and O–H groups in total. The first-order chi connectivity index (χ1) is 12.9. The van der Waals surface area contributed by atoms with Gasteiger partial charge in [-0.05, 0) is 44.0 Å². The predicted octanol–water partition coefficient (Wildman–Crippen LogP) is 2.10. The van der Waals surface area contributed by atoms with E-state index in [1.165, 1.54) is 24.3 Å². The SMILES string of the molecule is CC1(N=Cc2ccc(O)cc2O)CCCCC1N=Cc1ccc(O)cc1O.O.O.[Co]. The summed E-state index contributed by atoms with van der Waals surface area (Å²) in [6.07, 6.45) is 7.10. The molecule has 1 aliphatic rings. The molecule has 0 spiro atoms. The molecule has 0 saturated heterocycles. The third kappa shape index (κ3) is 6.46. The fourth-order valence-electron chi connectivity index (χ4n) is 3.35. The second-order valence-electron chi connectivity index (χ2n) is 7.14. The van der Waals surface area contributed by atoms with Crippen LogP contribution in [0.4, 0.5) is 0 Å². The maximum absolute atomic E-state index is 9.95. The predicted molar refractivity (Wildman–Crippen MR) is 113 cm³/mol. The Morgan fingerprint density at radius 1 is 0.867 bits per heavy atom. The molecule has 0 amide bonds. The van der Waals surface area contributed by atoms with Crippen LogP contribution in [0.5, 0.6) is 23.0 Å². The molecule has 2 atom stereocenters. The maximum Gasteiger partial charge on any atom is 0.128 e. The zero-order valence-electron chi connectivity index (χ0n) is 16.5. The van der Waals surface area contributed by atoms with Crippen molar-refractivity contribution < 1.29 is 48.2 Å². The minimum absolute atomic E-state index is 0. The molecule has 3 rings (SSSR count). The molecule has 9 heteroatoms. The van der Waals surface area contributed by atoms with Crippen LogP contribution in [0.2, 0.25) is 0 Å². The van der Waals surface area contributed by atoms with Crippen molar-refractivity contribution in [3.8, 4) is 23.0 Å². The van der Waals surface area contributed by atoms with E-state index in [9.17, 15) is 20.4 Å². The minimum atomic E-state index is -0.425. The summed E-state index contributed by atoms with van der Waals surface area (Å²) in [7, 11) is 0. The summed E-state index contributed by atoms with van der Waals surface area (Å²) in [5, 5.41) is 38.7. The number of hydrogen-bond acceptors (Lipinski definition) is 6. The van der Waals surface area contributed by atoms with Gasteiger partial charge in [-0.25, -0.2) is 0 Å². The van der Waals surface area contributed by atoms with Crippen LogP contribution in [-0.2, 0) is 16.8 Å². The van der Waals surface area contributed by atoms with Gasteiger partial charge in [0.25, 0.3) is 0 Å². The first-order valence-electron chi connectivity index (χ1n) is 9.00. The second-order valence-corrected chi connectivity index (χ2v) is 7.14. The van der Waals surface area contributed by atoms with Gasteiger partial charge >= 0.3 is 0 Å². The van der Waals surface area contributed by atoms with Gasteiger partial charge in [-0.3, -0.25) is 9.98 Å². The Hall–Kier alpha value is -2.59. The van der Waals surface area contributed by atoms with Crippen molar-refractivity contribution in [2.75, 3.05) is 0 Å². The smallest absolute Gasteiger partial charge is 0.128 e. The molecule has 1 saturated carbocycles. The zero-order chi connectivity index (χ0) is 19.4. The normalized spacial score (nSPS) is 20.9. The Balaban J connectivity index is 0.00000280. The topological polar surface area (TPSA) is 169 Å². The van der Waals surface area contributed by atoms with E-state index in [0.29, 0.717) is 11.1 Å². The van der Waals surface area contributed by atoms with Crippen LogP contribution >= 0.6 is 0 Å². The number of phenolic OH excluding ortho intramolecular Hbond substituents is 4. The molecule has 1 radical (unpaired) electrons. The van der Waals surface area contributed by atoms with Gasteiger partial charge in [0, 0.05) is 52.5 Å². The second kappa shape index (κ2) is 11.6. The van der Waals surface area contributed by atoms with Gasteiger partial charge in [0.05, 0.1) is 11.6 Å². The van der Waals surface area contributed by atoms with Crippen molar-refractivity contribution in [1.29, 1.82) is 0 Å². The molecule has 1 aliphatic carbocycles. The third-order valence-electron chi connectivity index (χ3n) is 5.05. The number of aliphatic imine (C=N–C) groups is 2. The van der Waals surface area contributed by atoms with Crippen molar-refractivity contribution in [2.45, 2.75) is 44.2 Å². The average Bonchev–Trinajstić information content (AvgIpc) is 2.61.